The van der Waals surface area contributed by atoms with Crippen LogP contribution in [0.2, 0.25) is 0 Å². The minimum atomic E-state index is -0.545. The Balaban J connectivity index is 0.00000256. The fraction of sp³-hybridized carbons (Fsp3) is 0.818. The number of hydrogen-bond donors (Lipinski definition) is 3. The Labute approximate surface area is 108 Å². The van der Waals surface area contributed by atoms with Gasteiger partial charge in [0.15, 0.2) is 0 Å². The maximum atomic E-state index is 11.7. The van der Waals surface area contributed by atoms with Crippen LogP contribution in [0.15, 0.2) is 0 Å². The van der Waals surface area contributed by atoms with Crippen LogP contribution in [0.25, 0.3) is 0 Å². The molecular weight excluding hydrogens is 242 g/mol. The number of nitrogens with one attached hydrogen (secondary N) is 2. The van der Waals surface area contributed by atoms with E-state index in [9.17, 15) is 9.59 Å². The quantitative estimate of drug-likeness (QED) is 0.679. The van der Waals surface area contributed by atoms with Gasteiger partial charge in [0.25, 0.3) is 0 Å². The highest BCUT2D eigenvalue weighted by Crippen LogP contribution is 2.06. The summed E-state index contributed by atoms with van der Waals surface area (Å²) in [4.78, 5) is 23.3. The highest BCUT2D eigenvalue weighted by atomic mass is 35.5. The Kier molecular flexibility index (Phi) is 7.15. The zero-order valence-corrected chi connectivity index (χ0v) is 11.2. The van der Waals surface area contributed by atoms with Gasteiger partial charge < -0.3 is 16.4 Å². The smallest absolute Gasteiger partial charge is 0.242 e. The molecule has 0 bridgehead atoms. The molecule has 0 aliphatic carbocycles. The fourth-order valence-corrected chi connectivity index (χ4v) is 1.65. The van der Waals surface area contributed by atoms with Gasteiger partial charge >= 0.3 is 0 Å². The van der Waals surface area contributed by atoms with Crippen LogP contribution in [-0.4, -0.2) is 30.4 Å². The van der Waals surface area contributed by atoms with Crippen molar-refractivity contribution in [3.63, 3.8) is 0 Å². The maximum absolute atomic E-state index is 11.7. The van der Waals surface area contributed by atoms with Gasteiger partial charge in [0, 0.05) is 6.54 Å². The van der Waals surface area contributed by atoms with Crippen molar-refractivity contribution in [1.82, 2.24) is 10.6 Å². The maximum Gasteiger partial charge on any atom is 0.242 e. The molecule has 5 nitrogen and oxygen atoms in total. The van der Waals surface area contributed by atoms with Crippen molar-refractivity contribution in [2.24, 2.45) is 11.7 Å². The van der Waals surface area contributed by atoms with E-state index in [1.807, 2.05) is 13.8 Å². The molecule has 1 saturated heterocycles. The summed E-state index contributed by atoms with van der Waals surface area (Å²) in [7, 11) is 0. The Morgan fingerprint density at radius 2 is 2.12 bits per heavy atom. The van der Waals surface area contributed by atoms with Gasteiger partial charge in [0.2, 0.25) is 11.8 Å². The lowest BCUT2D eigenvalue weighted by Gasteiger charge is -2.20. The van der Waals surface area contributed by atoms with Crippen LogP contribution in [-0.2, 0) is 9.59 Å². The number of rotatable bonds is 3. The summed E-state index contributed by atoms with van der Waals surface area (Å²) in [6, 6.07) is -0.962. The lowest BCUT2D eigenvalue weighted by Crippen LogP contribution is -2.52. The first-order chi connectivity index (χ1) is 7.52. The second-order valence-corrected chi connectivity index (χ2v) is 4.62. The van der Waals surface area contributed by atoms with Crippen molar-refractivity contribution < 1.29 is 9.59 Å². The predicted molar refractivity (Wildman–Crippen MR) is 68.9 cm³/mol. The SMILES string of the molecule is CC(C)[C@H](N)C(=O)NC1CCCCNC1=O.Cl. The summed E-state index contributed by atoms with van der Waals surface area (Å²) in [6.07, 6.45) is 2.61. The van der Waals surface area contributed by atoms with Gasteiger partial charge in [-0.2, -0.15) is 0 Å². The van der Waals surface area contributed by atoms with Crippen LogP contribution in [0, 0.1) is 5.92 Å². The molecule has 0 saturated carbocycles. The minimum absolute atomic E-state index is 0. The zero-order chi connectivity index (χ0) is 12.1. The molecule has 1 rings (SSSR count). The van der Waals surface area contributed by atoms with E-state index in [1.54, 1.807) is 0 Å². The summed E-state index contributed by atoms with van der Waals surface area (Å²) in [5, 5.41) is 5.49. The third-order valence-electron chi connectivity index (χ3n) is 2.87. The van der Waals surface area contributed by atoms with Crippen LogP contribution in [0.3, 0.4) is 0 Å². The molecule has 1 unspecified atom stereocenters. The second-order valence-electron chi connectivity index (χ2n) is 4.62. The summed E-state index contributed by atoms with van der Waals surface area (Å²) in [6.45, 7) is 4.47. The van der Waals surface area contributed by atoms with E-state index in [2.05, 4.69) is 10.6 Å². The van der Waals surface area contributed by atoms with E-state index in [0.29, 0.717) is 13.0 Å². The molecular formula is C11H22ClN3O2. The van der Waals surface area contributed by atoms with Gasteiger partial charge in [-0.05, 0) is 25.2 Å². The van der Waals surface area contributed by atoms with Crippen LogP contribution >= 0.6 is 12.4 Å². The molecule has 1 aliphatic heterocycles. The van der Waals surface area contributed by atoms with E-state index in [4.69, 9.17) is 5.73 Å². The molecule has 100 valence electrons. The van der Waals surface area contributed by atoms with E-state index in [0.717, 1.165) is 12.8 Å². The van der Waals surface area contributed by atoms with Crippen molar-refractivity contribution in [3.8, 4) is 0 Å². The normalized spacial score (nSPS) is 22.1. The Bertz CT molecular complexity index is 271. The lowest BCUT2D eigenvalue weighted by molar-refractivity contribution is -0.130. The van der Waals surface area contributed by atoms with Crippen LogP contribution in [0.1, 0.15) is 33.1 Å². The molecule has 17 heavy (non-hydrogen) atoms. The lowest BCUT2D eigenvalue weighted by atomic mass is 10.0. The summed E-state index contributed by atoms with van der Waals surface area (Å²) < 4.78 is 0. The van der Waals surface area contributed by atoms with Crippen molar-refractivity contribution in [3.05, 3.63) is 0 Å². The third kappa shape index (κ3) is 4.91. The number of nitrogens with two attached hydrogens (primary N) is 1. The molecule has 0 aromatic heterocycles. The molecule has 6 heteroatoms. The monoisotopic (exact) mass is 263 g/mol. The first-order valence-electron chi connectivity index (χ1n) is 5.86. The highest BCUT2D eigenvalue weighted by Gasteiger charge is 2.25. The third-order valence-corrected chi connectivity index (χ3v) is 2.87. The topological polar surface area (TPSA) is 84.2 Å². The molecule has 1 aliphatic rings. The average Bonchev–Trinajstić information content (AvgIpc) is 2.43. The summed E-state index contributed by atoms with van der Waals surface area (Å²) in [5.74, 6) is -0.257. The van der Waals surface area contributed by atoms with E-state index in [-0.39, 0.29) is 30.1 Å². The first kappa shape index (κ1) is 16.2. The Morgan fingerprint density at radius 1 is 1.47 bits per heavy atom. The fourth-order valence-electron chi connectivity index (χ4n) is 1.65. The van der Waals surface area contributed by atoms with Gasteiger partial charge in [-0.1, -0.05) is 13.8 Å². The predicted octanol–water partition coefficient (Wildman–Crippen LogP) is 0.176. The molecule has 1 fully saturated rings. The Hall–Kier alpha value is -0.810. The van der Waals surface area contributed by atoms with Crippen molar-refractivity contribution >= 4 is 24.2 Å². The Morgan fingerprint density at radius 3 is 2.71 bits per heavy atom. The van der Waals surface area contributed by atoms with Crippen LogP contribution in [0.5, 0.6) is 0 Å². The zero-order valence-electron chi connectivity index (χ0n) is 10.4. The number of amides is 2. The molecule has 4 N–H and O–H groups in total. The van der Waals surface area contributed by atoms with E-state index >= 15 is 0 Å². The van der Waals surface area contributed by atoms with Gasteiger partial charge in [-0.25, -0.2) is 0 Å². The molecule has 2 atom stereocenters. The largest absolute Gasteiger partial charge is 0.354 e. The standard InChI is InChI=1S/C11H21N3O2.ClH/c1-7(2)9(12)11(16)14-8-5-3-4-6-13-10(8)15;/h7-9H,3-6,12H2,1-2H3,(H,13,15)(H,14,16);1H/t8?,9-;/m0./s1. The second kappa shape index (κ2) is 7.50. The van der Waals surface area contributed by atoms with Crippen LogP contribution in [0.4, 0.5) is 0 Å². The van der Waals surface area contributed by atoms with Gasteiger partial charge in [-0.3, -0.25) is 9.59 Å². The van der Waals surface area contributed by atoms with Gasteiger partial charge in [-0.15, -0.1) is 12.4 Å². The van der Waals surface area contributed by atoms with E-state index < -0.39 is 12.1 Å². The minimum Gasteiger partial charge on any atom is -0.354 e. The molecule has 0 spiro atoms. The van der Waals surface area contributed by atoms with Gasteiger partial charge in [0.05, 0.1) is 6.04 Å². The first-order valence-corrected chi connectivity index (χ1v) is 5.86. The van der Waals surface area contributed by atoms with E-state index in [1.165, 1.54) is 0 Å². The van der Waals surface area contributed by atoms with Gasteiger partial charge in [0.1, 0.15) is 6.04 Å². The number of carbonyl (C=O) groups excluding carboxylic acids is 2. The van der Waals surface area contributed by atoms with Crippen molar-refractivity contribution in [2.75, 3.05) is 6.54 Å². The average molecular weight is 264 g/mol. The molecule has 0 radical (unpaired) electrons. The molecule has 0 aromatic carbocycles. The van der Waals surface area contributed by atoms with Crippen LogP contribution < -0.4 is 16.4 Å². The number of carbonyl (C=O) groups is 2. The highest BCUT2D eigenvalue weighted by molar-refractivity contribution is 5.89. The molecule has 0 aromatic rings. The molecule has 2 amide bonds. The summed E-state index contributed by atoms with van der Waals surface area (Å²) in [5.41, 5.74) is 5.72. The van der Waals surface area contributed by atoms with Crippen molar-refractivity contribution in [1.29, 1.82) is 0 Å². The number of halogens is 1. The molecule has 1 heterocycles. The summed E-state index contributed by atoms with van der Waals surface area (Å²) >= 11 is 0. The number of hydrogen-bond acceptors (Lipinski definition) is 3. The van der Waals surface area contributed by atoms with Crippen molar-refractivity contribution in [2.45, 2.75) is 45.2 Å².